The fourth-order valence-corrected chi connectivity index (χ4v) is 2.76. The molecular formula is C15H31NO. The second-order valence-electron chi connectivity index (χ2n) is 5.42. The fraction of sp³-hybridized carbons (Fsp3) is 1.00. The van der Waals surface area contributed by atoms with E-state index in [0.717, 1.165) is 31.7 Å². The molecule has 2 heteroatoms. The molecule has 0 aliphatic carbocycles. The summed E-state index contributed by atoms with van der Waals surface area (Å²) in [6.45, 7) is 7.59. The van der Waals surface area contributed by atoms with Crippen molar-refractivity contribution in [2.24, 2.45) is 5.92 Å². The number of hydrogen-bond donors (Lipinski definition) is 1. The van der Waals surface area contributed by atoms with Crippen LogP contribution < -0.4 is 5.32 Å². The van der Waals surface area contributed by atoms with Crippen LogP contribution >= 0.6 is 0 Å². The first kappa shape index (κ1) is 15.0. The number of hydrogen-bond acceptors (Lipinski definition) is 2. The van der Waals surface area contributed by atoms with Gasteiger partial charge in [0.25, 0.3) is 0 Å². The van der Waals surface area contributed by atoms with Gasteiger partial charge in [-0.3, -0.25) is 0 Å². The second-order valence-corrected chi connectivity index (χ2v) is 5.42. The van der Waals surface area contributed by atoms with Crippen LogP contribution in [0.5, 0.6) is 0 Å². The molecule has 2 unspecified atom stereocenters. The van der Waals surface area contributed by atoms with Gasteiger partial charge in [0.05, 0.1) is 0 Å². The van der Waals surface area contributed by atoms with Crippen molar-refractivity contribution >= 4 is 0 Å². The van der Waals surface area contributed by atoms with Crippen LogP contribution in [0.1, 0.15) is 65.2 Å². The van der Waals surface area contributed by atoms with E-state index in [0.29, 0.717) is 0 Å². The summed E-state index contributed by atoms with van der Waals surface area (Å²) in [7, 11) is 0. The minimum atomic E-state index is 0.730. The van der Waals surface area contributed by atoms with Gasteiger partial charge in [-0.2, -0.15) is 0 Å². The Labute approximate surface area is 108 Å². The lowest BCUT2D eigenvalue weighted by Gasteiger charge is -2.20. The summed E-state index contributed by atoms with van der Waals surface area (Å²) in [5, 5.41) is 3.64. The van der Waals surface area contributed by atoms with Crippen LogP contribution in [0.3, 0.4) is 0 Å². The van der Waals surface area contributed by atoms with E-state index in [4.69, 9.17) is 4.74 Å². The average molecular weight is 241 g/mol. The van der Waals surface area contributed by atoms with Crippen LogP contribution in [0.25, 0.3) is 0 Å². The van der Waals surface area contributed by atoms with Crippen molar-refractivity contribution in [3.8, 4) is 0 Å². The van der Waals surface area contributed by atoms with E-state index in [1.165, 1.54) is 51.4 Å². The van der Waals surface area contributed by atoms with Crippen molar-refractivity contribution in [3.63, 3.8) is 0 Å². The Balaban J connectivity index is 2.08. The lowest BCUT2D eigenvalue weighted by Crippen LogP contribution is -2.31. The predicted molar refractivity (Wildman–Crippen MR) is 74.4 cm³/mol. The van der Waals surface area contributed by atoms with Crippen LogP contribution in [-0.2, 0) is 4.74 Å². The molecule has 0 saturated carbocycles. The largest absolute Gasteiger partial charge is 0.381 e. The van der Waals surface area contributed by atoms with Gasteiger partial charge < -0.3 is 10.1 Å². The lowest BCUT2D eigenvalue weighted by molar-refractivity contribution is 0.180. The van der Waals surface area contributed by atoms with Gasteiger partial charge >= 0.3 is 0 Å². The maximum atomic E-state index is 5.47. The summed E-state index contributed by atoms with van der Waals surface area (Å²) >= 11 is 0. The number of ether oxygens (including phenoxy) is 1. The smallest absolute Gasteiger partial charge is 0.0495 e. The summed E-state index contributed by atoms with van der Waals surface area (Å²) in [6, 6.07) is 0.730. The molecule has 0 spiro atoms. The molecule has 1 saturated heterocycles. The Bertz CT molecular complexity index is 166. The molecule has 0 aromatic heterocycles. The van der Waals surface area contributed by atoms with E-state index in [1.54, 1.807) is 0 Å². The number of nitrogens with one attached hydrogen (secondary N) is 1. The third kappa shape index (κ3) is 7.05. The Morgan fingerprint density at radius 3 is 2.65 bits per heavy atom. The van der Waals surface area contributed by atoms with Crippen LogP contribution in [0.4, 0.5) is 0 Å². The molecule has 1 aliphatic rings. The quantitative estimate of drug-likeness (QED) is 0.588. The minimum absolute atomic E-state index is 0.730. The highest BCUT2D eigenvalue weighted by atomic mass is 16.5. The third-order valence-corrected chi connectivity index (χ3v) is 3.79. The Morgan fingerprint density at radius 1 is 1.18 bits per heavy atom. The van der Waals surface area contributed by atoms with Gasteiger partial charge in [0, 0.05) is 19.3 Å². The van der Waals surface area contributed by atoms with Gasteiger partial charge in [0.1, 0.15) is 0 Å². The highest BCUT2D eigenvalue weighted by Crippen LogP contribution is 2.20. The second kappa shape index (κ2) is 9.90. The highest BCUT2D eigenvalue weighted by Gasteiger charge is 2.19. The molecule has 1 fully saturated rings. The molecule has 1 heterocycles. The SMILES string of the molecule is CCCCCCCC(CC1CCOC1)NCC. The molecule has 102 valence electrons. The molecule has 0 radical (unpaired) electrons. The molecule has 1 N–H and O–H groups in total. The highest BCUT2D eigenvalue weighted by molar-refractivity contribution is 4.74. The van der Waals surface area contributed by atoms with E-state index in [2.05, 4.69) is 19.2 Å². The summed E-state index contributed by atoms with van der Waals surface area (Å²) < 4.78 is 5.47. The van der Waals surface area contributed by atoms with Gasteiger partial charge in [0.15, 0.2) is 0 Å². The standard InChI is InChI=1S/C15H31NO/c1-3-5-6-7-8-9-15(16-4-2)12-14-10-11-17-13-14/h14-16H,3-13H2,1-2H3. The van der Waals surface area contributed by atoms with Gasteiger partial charge in [-0.05, 0) is 31.7 Å². The molecular weight excluding hydrogens is 210 g/mol. The maximum Gasteiger partial charge on any atom is 0.0495 e. The van der Waals surface area contributed by atoms with Crippen LogP contribution in [-0.4, -0.2) is 25.8 Å². The van der Waals surface area contributed by atoms with Crippen molar-refractivity contribution in [3.05, 3.63) is 0 Å². The topological polar surface area (TPSA) is 21.3 Å². The Morgan fingerprint density at radius 2 is 2.00 bits per heavy atom. The van der Waals surface area contributed by atoms with E-state index < -0.39 is 0 Å². The first-order valence-electron chi connectivity index (χ1n) is 7.68. The lowest BCUT2D eigenvalue weighted by atomic mass is 9.95. The Kier molecular flexibility index (Phi) is 8.72. The first-order valence-corrected chi connectivity index (χ1v) is 7.68. The monoisotopic (exact) mass is 241 g/mol. The van der Waals surface area contributed by atoms with Gasteiger partial charge in [0.2, 0.25) is 0 Å². The predicted octanol–water partition coefficient (Wildman–Crippen LogP) is 3.75. The number of rotatable bonds is 10. The third-order valence-electron chi connectivity index (χ3n) is 3.79. The molecule has 0 aromatic carbocycles. The van der Waals surface area contributed by atoms with Crippen LogP contribution in [0.2, 0.25) is 0 Å². The average Bonchev–Trinajstić information content (AvgIpc) is 2.82. The molecule has 0 aromatic rings. The summed E-state index contributed by atoms with van der Waals surface area (Å²) in [6.07, 6.45) is 10.9. The van der Waals surface area contributed by atoms with Crippen molar-refractivity contribution in [1.82, 2.24) is 5.32 Å². The molecule has 1 aliphatic heterocycles. The van der Waals surface area contributed by atoms with E-state index >= 15 is 0 Å². The van der Waals surface area contributed by atoms with Gasteiger partial charge in [-0.15, -0.1) is 0 Å². The maximum absolute atomic E-state index is 5.47. The summed E-state index contributed by atoms with van der Waals surface area (Å²) in [5.41, 5.74) is 0. The fourth-order valence-electron chi connectivity index (χ4n) is 2.76. The molecule has 17 heavy (non-hydrogen) atoms. The first-order chi connectivity index (χ1) is 8.36. The van der Waals surface area contributed by atoms with E-state index in [-0.39, 0.29) is 0 Å². The van der Waals surface area contributed by atoms with E-state index in [9.17, 15) is 0 Å². The molecule has 0 amide bonds. The molecule has 2 atom stereocenters. The normalized spacial score (nSPS) is 21.9. The molecule has 0 bridgehead atoms. The molecule has 1 rings (SSSR count). The summed E-state index contributed by atoms with van der Waals surface area (Å²) in [5.74, 6) is 0.815. The number of unbranched alkanes of at least 4 members (excludes halogenated alkanes) is 4. The zero-order valence-corrected chi connectivity index (χ0v) is 11.8. The van der Waals surface area contributed by atoms with Crippen molar-refractivity contribution in [2.75, 3.05) is 19.8 Å². The van der Waals surface area contributed by atoms with Crippen molar-refractivity contribution in [2.45, 2.75) is 71.3 Å². The Hall–Kier alpha value is -0.0800. The minimum Gasteiger partial charge on any atom is -0.381 e. The zero-order valence-electron chi connectivity index (χ0n) is 11.8. The van der Waals surface area contributed by atoms with Gasteiger partial charge in [-0.1, -0.05) is 46.0 Å². The van der Waals surface area contributed by atoms with Crippen LogP contribution in [0, 0.1) is 5.92 Å². The van der Waals surface area contributed by atoms with E-state index in [1.807, 2.05) is 0 Å². The molecule has 2 nitrogen and oxygen atoms in total. The van der Waals surface area contributed by atoms with Gasteiger partial charge in [-0.25, -0.2) is 0 Å². The summed E-state index contributed by atoms with van der Waals surface area (Å²) in [4.78, 5) is 0. The van der Waals surface area contributed by atoms with Crippen molar-refractivity contribution < 1.29 is 4.74 Å². The van der Waals surface area contributed by atoms with Crippen molar-refractivity contribution in [1.29, 1.82) is 0 Å². The zero-order chi connectivity index (χ0) is 12.3. The van der Waals surface area contributed by atoms with Crippen LogP contribution in [0.15, 0.2) is 0 Å².